The van der Waals surface area contributed by atoms with Gasteiger partial charge >= 0.3 is 0 Å². The largest absolute Gasteiger partial charge is 0.276 e. The molecule has 0 atom stereocenters. The smallest absolute Gasteiger partial charge is 0.207 e. The van der Waals surface area contributed by atoms with Gasteiger partial charge in [0.05, 0.1) is 10.6 Å². The van der Waals surface area contributed by atoms with Gasteiger partial charge in [0.2, 0.25) is 0 Å². The van der Waals surface area contributed by atoms with Crippen molar-refractivity contribution < 1.29 is 12.8 Å². The standard InChI is InChI=1S/C14H12BrFN2O2S/c1-10(11-2-6-13(16)7-3-11)17-18-21(19,20)14-8-4-12(15)5-9-14/h2-9,18H,1H3. The lowest BCUT2D eigenvalue weighted by Gasteiger charge is -2.05. The highest BCUT2D eigenvalue weighted by Gasteiger charge is 2.12. The summed E-state index contributed by atoms with van der Waals surface area (Å²) in [5.41, 5.74) is 1.07. The van der Waals surface area contributed by atoms with Gasteiger partial charge in [0.15, 0.2) is 0 Å². The topological polar surface area (TPSA) is 58.5 Å². The van der Waals surface area contributed by atoms with Crippen LogP contribution >= 0.6 is 15.9 Å². The van der Waals surface area contributed by atoms with Crippen molar-refractivity contribution in [2.45, 2.75) is 11.8 Å². The lowest BCUT2D eigenvalue weighted by atomic mass is 10.1. The van der Waals surface area contributed by atoms with Gasteiger partial charge in [-0.1, -0.05) is 28.1 Å². The monoisotopic (exact) mass is 370 g/mol. The van der Waals surface area contributed by atoms with Crippen LogP contribution in [-0.2, 0) is 10.0 Å². The highest BCUT2D eigenvalue weighted by Crippen LogP contribution is 2.14. The van der Waals surface area contributed by atoms with Crippen LogP contribution in [0.3, 0.4) is 0 Å². The van der Waals surface area contributed by atoms with E-state index >= 15 is 0 Å². The first-order valence-corrected chi connectivity index (χ1v) is 8.24. The van der Waals surface area contributed by atoms with E-state index in [0.717, 1.165) is 4.47 Å². The van der Waals surface area contributed by atoms with Crippen LogP contribution in [0, 0.1) is 5.82 Å². The minimum atomic E-state index is -3.72. The molecule has 0 unspecified atom stereocenters. The third kappa shape index (κ3) is 4.12. The molecule has 0 bridgehead atoms. The molecule has 0 heterocycles. The Bertz CT molecular complexity index is 757. The van der Waals surface area contributed by atoms with Crippen molar-refractivity contribution in [2.24, 2.45) is 5.10 Å². The maximum atomic E-state index is 12.8. The molecule has 1 N–H and O–H groups in total. The molecule has 0 saturated heterocycles. The number of hydrogen-bond donors (Lipinski definition) is 1. The lowest BCUT2D eigenvalue weighted by molar-refractivity contribution is 0.584. The number of hydrazone groups is 1. The third-order valence-corrected chi connectivity index (χ3v) is 4.47. The zero-order valence-electron chi connectivity index (χ0n) is 11.0. The fourth-order valence-electron chi connectivity index (χ4n) is 1.55. The van der Waals surface area contributed by atoms with E-state index in [-0.39, 0.29) is 10.7 Å². The van der Waals surface area contributed by atoms with Crippen LogP contribution in [-0.4, -0.2) is 14.1 Å². The van der Waals surface area contributed by atoms with Gasteiger partial charge in [-0.05, 0) is 48.9 Å². The molecule has 0 aliphatic carbocycles. The third-order valence-electron chi connectivity index (χ3n) is 2.72. The zero-order valence-corrected chi connectivity index (χ0v) is 13.4. The second-order valence-electron chi connectivity index (χ2n) is 4.25. The van der Waals surface area contributed by atoms with Gasteiger partial charge in [-0.3, -0.25) is 0 Å². The number of rotatable bonds is 4. The van der Waals surface area contributed by atoms with Crippen LogP contribution in [0.1, 0.15) is 12.5 Å². The Kier molecular flexibility index (Phi) is 4.74. The van der Waals surface area contributed by atoms with E-state index in [4.69, 9.17) is 0 Å². The summed E-state index contributed by atoms with van der Waals surface area (Å²) >= 11 is 3.24. The Morgan fingerprint density at radius 1 is 1.10 bits per heavy atom. The van der Waals surface area contributed by atoms with Crippen LogP contribution in [0.5, 0.6) is 0 Å². The lowest BCUT2D eigenvalue weighted by Crippen LogP contribution is -2.19. The molecule has 0 saturated carbocycles. The van der Waals surface area contributed by atoms with Crippen LogP contribution in [0.15, 0.2) is 63.0 Å². The first-order valence-electron chi connectivity index (χ1n) is 5.96. The van der Waals surface area contributed by atoms with Crippen LogP contribution in [0.25, 0.3) is 0 Å². The predicted octanol–water partition coefficient (Wildman–Crippen LogP) is 3.29. The molecular weight excluding hydrogens is 359 g/mol. The average molecular weight is 371 g/mol. The molecule has 2 rings (SSSR count). The Balaban J connectivity index is 2.18. The van der Waals surface area contributed by atoms with Crippen LogP contribution < -0.4 is 4.83 Å². The molecule has 0 aliphatic rings. The van der Waals surface area contributed by atoms with Crippen molar-refractivity contribution in [1.29, 1.82) is 0 Å². The van der Waals surface area contributed by atoms with Gasteiger partial charge in [0.1, 0.15) is 5.82 Å². The van der Waals surface area contributed by atoms with Crippen molar-refractivity contribution in [2.75, 3.05) is 0 Å². The summed E-state index contributed by atoms with van der Waals surface area (Å²) in [6.07, 6.45) is 0. The molecule has 110 valence electrons. The Labute approximate surface area is 130 Å². The van der Waals surface area contributed by atoms with Gasteiger partial charge < -0.3 is 0 Å². The van der Waals surface area contributed by atoms with E-state index in [9.17, 15) is 12.8 Å². The normalized spacial score (nSPS) is 12.2. The first-order chi connectivity index (χ1) is 9.88. The van der Waals surface area contributed by atoms with Crippen LogP contribution in [0.4, 0.5) is 4.39 Å². The SMILES string of the molecule is CC(=NNS(=O)(=O)c1ccc(Br)cc1)c1ccc(F)cc1. The second-order valence-corrected chi connectivity index (χ2v) is 6.83. The fraction of sp³-hybridized carbons (Fsp3) is 0.0714. The molecule has 0 aliphatic heterocycles. The Morgan fingerprint density at radius 2 is 1.67 bits per heavy atom. The maximum Gasteiger partial charge on any atom is 0.276 e. The summed E-state index contributed by atoms with van der Waals surface area (Å²) in [4.78, 5) is 2.27. The predicted molar refractivity (Wildman–Crippen MR) is 83.1 cm³/mol. The van der Waals surface area contributed by atoms with Gasteiger partial charge in [0.25, 0.3) is 10.0 Å². The summed E-state index contributed by atoms with van der Waals surface area (Å²) in [7, 11) is -3.72. The Morgan fingerprint density at radius 3 is 2.24 bits per heavy atom. The van der Waals surface area contributed by atoms with Crippen LogP contribution in [0.2, 0.25) is 0 Å². The van der Waals surface area contributed by atoms with Gasteiger partial charge in [-0.25, -0.2) is 4.39 Å². The zero-order chi connectivity index (χ0) is 15.5. The van der Waals surface area contributed by atoms with E-state index in [1.54, 1.807) is 19.1 Å². The highest BCUT2D eigenvalue weighted by atomic mass is 79.9. The van der Waals surface area contributed by atoms with Gasteiger partial charge in [-0.15, -0.1) is 0 Å². The quantitative estimate of drug-likeness (QED) is 0.662. The Hall–Kier alpha value is -1.73. The number of nitrogens with zero attached hydrogens (tertiary/aromatic N) is 1. The molecule has 0 aromatic heterocycles. The number of halogens is 2. The van der Waals surface area contributed by atoms with Crippen molar-refractivity contribution in [3.8, 4) is 0 Å². The van der Waals surface area contributed by atoms with E-state index in [2.05, 4.69) is 25.9 Å². The van der Waals surface area contributed by atoms with Crippen molar-refractivity contribution in [1.82, 2.24) is 4.83 Å². The summed E-state index contributed by atoms with van der Waals surface area (Å²) < 4.78 is 37.7. The van der Waals surface area contributed by atoms with E-state index in [1.165, 1.54) is 36.4 Å². The molecule has 0 spiro atoms. The molecule has 2 aromatic rings. The fourth-order valence-corrected chi connectivity index (χ4v) is 2.67. The van der Waals surface area contributed by atoms with Crippen molar-refractivity contribution in [3.63, 3.8) is 0 Å². The number of sulfonamides is 1. The molecule has 7 heteroatoms. The molecule has 4 nitrogen and oxygen atoms in total. The number of benzene rings is 2. The van der Waals surface area contributed by atoms with E-state index in [0.29, 0.717) is 11.3 Å². The summed E-state index contributed by atoms with van der Waals surface area (Å²) in [6, 6.07) is 11.8. The maximum absolute atomic E-state index is 12.8. The minimum absolute atomic E-state index is 0.112. The van der Waals surface area contributed by atoms with Gasteiger partial charge in [0, 0.05) is 4.47 Å². The first kappa shape index (κ1) is 15.7. The average Bonchev–Trinajstić information content (AvgIpc) is 2.46. The molecule has 21 heavy (non-hydrogen) atoms. The van der Waals surface area contributed by atoms with E-state index in [1.807, 2.05) is 0 Å². The molecule has 0 amide bonds. The summed E-state index contributed by atoms with van der Waals surface area (Å²) in [6.45, 7) is 1.64. The van der Waals surface area contributed by atoms with E-state index < -0.39 is 10.0 Å². The summed E-state index contributed by atoms with van der Waals surface area (Å²) in [5.74, 6) is -0.359. The van der Waals surface area contributed by atoms with Crippen molar-refractivity contribution in [3.05, 3.63) is 64.4 Å². The second kappa shape index (κ2) is 6.36. The van der Waals surface area contributed by atoms with Gasteiger partial charge in [-0.2, -0.15) is 18.4 Å². The molecular formula is C14H12BrFN2O2S. The number of nitrogens with one attached hydrogen (secondary N) is 1. The molecule has 0 radical (unpaired) electrons. The summed E-state index contributed by atoms with van der Waals surface area (Å²) in [5, 5.41) is 3.84. The molecule has 0 fully saturated rings. The number of hydrogen-bond acceptors (Lipinski definition) is 3. The molecule has 2 aromatic carbocycles. The van der Waals surface area contributed by atoms with Crippen molar-refractivity contribution >= 4 is 31.7 Å². The minimum Gasteiger partial charge on any atom is -0.207 e. The highest BCUT2D eigenvalue weighted by molar-refractivity contribution is 9.10.